The maximum Gasteiger partial charge on any atom is 0.328 e. The molecule has 0 aromatic heterocycles. The third-order valence-electron chi connectivity index (χ3n) is 1.72. The van der Waals surface area contributed by atoms with Gasteiger partial charge in [-0.05, 0) is 5.56 Å². The fourth-order valence-electron chi connectivity index (χ4n) is 1.05. The maximum absolute atomic E-state index is 10.5. The smallest absolute Gasteiger partial charge is 0.328 e. The number of carbonyl (C=O) groups is 1. The first-order valence-electron chi connectivity index (χ1n) is 4.42. The number of hydrogen-bond donors (Lipinski definition) is 1. The van der Waals surface area contributed by atoms with Gasteiger partial charge < -0.3 is 5.11 Å². The van der Waals surface area contributed by atoms with Crippen molar-refractivity contribution >= 4 is 17.7 Å². The molecule has 0 bridgehead atoms. The zero-order chi connectivity index (χ0) is 12.0. The first-order valence-corrected chi connectivity index (χ1v) is 4.42. The molecular formula is C11H9NO4. The highest BCUT2D eigenvalue weighted by Crippen LogP contribution is 2.13. The van der Waals surface area contributed by atoms with Gasteiger partial charge in [0.1, 0.15) is 0 Å². The lowest BCUT2D eigenvalue weighted by Gasteiger charge is -1.92. The molecule has 5 heteroatoms. The van der Waals surface area contributed by atoms with Crippen molar-refractivity contribution in [3.63, 3.8) is 0 Å². The normalized spacial score (nSPS) is 11.0. The van der Waals surface area contributed by atoms with Gasteiger partial charge in [0, 0.05) is 18.2 Å². The number of carboxylic acid groups (broad SMARTS) is 1. The average molecular weight is 219 g/mol. The number of nitrogens with zero attached hydrogens (tertiary/aromatic N) is 1. The molecule has 1 aromatic rings. The highest BCUT2D eigenvalue weighted by Gasteiger charge is 2.02. The van der Waals surface area contributed by atoms with Gasteiger partial charge in [-0.25, -0.2) is 4.79 Å². The molecule has 0 saturated heterocycles. The van der Waals surface area contributed by atoms with Gasteiger partial charge in [-0.15, -0.1) is 0 Å². The van der Waals surface area contributed by atoms with Crippen LogP contribution in [0.2, 0.25) is 0 Å². The van der Waals surface area contributed by atoms with Crippen molar-refractivity contribution in [2.24, 2.45) is 0 Å². The van der Waals surface area contributed by atoms with Gasteiger partial charge >= 0.3 is 5.97 Å². The van der Waals surface area contributed by atoms with Crippen LogP contribution in [0.1, 0.15) is 5.56 Å². The summed E-state index contributed by atoms with van der Waals surface area (Å²) in [4.78, 5) is 20.1. The van der Waals surface area contributed by atoms with Crippen LogP contribution in [0.5, 0.6) is 0 Å². The van der Waals surface area contributed by atoms with E-state index in [9.17, 15) is 14.9 Å². The largest absolute Gasteiger partial charge is 0.478 e. The predicted molar refractivity (Wildman–Crippen MR) is 58.9 cm³/mol. The van der Waals surface area contributed by atoms with Gasteiger partial charge in [-0.3, -0.25) is 10.1 Å². The van der Waals surface area contributed by atoms with Gasteiger partial charge in [0.15, 0.2) is 0 Å². The summed E-state index contributed by atoms with van der Waals surface area (Å²) in [6, 6.07) is 6.06. The Morgan fingerprint density at radius 1 is 1.38 bits per heavy atom. The van der Waals surface area contributed by atoms with Crippen molar-refractivity contribution in [2.45, 2.75) is 0 Å². The van der Waals surface area contributed by atoms with Crippen molar-refractivity contribution < 1.29 is 14.8 Å². The van der Waals surface area contributed by atoms with E-state index in [1.165, 1.54) is 24.3 Å². The molecule has 1 aromatic carbocycles. The summed E-state index contributed by atoms with van der Waals surface area (Å²) in [6.07, 6.45) is 5.43. The quantitative estimate of drug-likeness (QED) is 0.364. The second-order valence-corrected chi connectivity index (χ2v) is 2.91. The summed E-state index contributed by atoms with van der Waals surface area (Å²) in [5.41, 5.74) is 0.647. The van der Waals surface area contributed by atoms with Crippen LogP contribution in [-0.2, 0) is 4.79 Å². The standard InChI is InChI=1S/C11H9NO4/c13-11(14)7-2-1-4-9-5-3-6-10(8-9)12(15)16/h1-8H,(H,13,14). The van der Waals surface area contributed by atoms with Crippen molar-refractivity contribution in [1.82, 2.24) is 0 Å². The van der Waals surface area contributed by atoms with E-state index in [2.05, 4.69) is 0 Å². The molecule has 0 saturated carbocycles. The average Bonchev–Trinajstić information content (AvgIpc) is 2.24. The number of allylic oxidation sites excluding steroid dienone is 2. The first kappa shape index (κ1) is 11.6. The van der Waals surface area contributed by atoms with E-state index >= 15 is 0 Å². The predicted octanol–water partition coefficient (Wildman–Crippen LogP) is 2.25. The number of benzene rings is 1. The summed E-state index contributed by atoms with van der Waals surface area (Å²) in [5, 5.41) is 18.8. The van der Waals surface area contributed by atoms with E-state index in [1.807, 2.05) is 0 Å². The molecule has 0 radical (unpaired) electrons. The fraction of sp³-hybridized carbons (Fsp3) is 0. The van der Waals surface area contributed by atoms with Crippen LogP contribution in [0.4, 0.5) is 5.69 Å². The lowest BCUT2D eigenvalue weighted by atomic mass is 10.2. The van der Waals surface area contributed by atoms with Crippen LogP contribution in [-0.4, -0.2) is 16.0 Å². The van der Waals surface area contributed by atoms with E-state index in [4.69, 9.17) is 5.11 Å². The molecule has 0 amide bonds. The maximum atomic E-state index is 10.5. The van der Waals surface area contributed by atoms with Crippen molar-refractivity contribution in [2.75, 3.05) is 0 Å². The number of hydrogen-bond acceptors (Lipinski definition) is 3. The van der Waals surface area contributed by atoms with Gasteiger partial charge in [-0.2, -0.15) is 0 Å². The topological polar surface area (TPSA) is 80.4 Å². The third-order valence-corrected chi connectivity index (χ3v) is 1.72. The molecule has 82 valence electrons. The van der Waals surface area contributed by atoms with Crippen LogP contribution in [0.15, 0.2) is 42.5 Å². The van der Waals surface area contributed by atoms with E-state index in [-0.39, 0.29) is 5.69 Å². The zero-order valence-electron chi connectivity index (χ0n) is 8.24. The second-order valence-electron chi connectivity index (χ2n) is 2.91. The number of carboxylic acids is 1. The second kappa shape index (κ2) is 5.45. The molecule has 0 aliphatic rings. The SMILES string of the molecule is O=C(O)C=CC=Cc1cccc([N+](=O)[O-])c1. The molecule has 0 atom stereocenters. The van der Waals surface area contributed by atoms with Crippen LogP contribution in [0.25, 0.3) is 6.08 Å². The third kappa shape index (κ3) is 3.75. The number of aliphatic carboxylic acids is 1. The Labute approximate surface area is 91.5 Å². The number of nitro benzene ring substituents is 1. The lowest BCUT2D eigenvalue weighted by molar-refractivity contribution is -0.384. The molecule has 16 heavy (non-hydrogen) atoms. The summed E-state index contributed by atoms with van der Waals surface area (Å²) >= 11 is 0. The molecule has 0 unspecified atom stereocenters. The molecule has 5 nitrogen and oxygen atoms in total. The first-order chi connectivity index (χ1) is 7.59. The lowest BCUT2D eigenvalue weighted by Crippen LogP contribution is -1.87. The fourth-order valence-corrected chi connectivity index (χ4v) is 1.05. The number of nitro groups is 1. The Bertz CT molecular complexity index is 463. The number of non-ortho nitro benzene ring substituents is 1. The van der Waals surface area contributed by atoms with Crippen LogP contribution in [0, 0.1) is 10.1 Å². The van der Waals surface area contributed by atoms with Crippen molar-refractivity contribution in [3.8, 4) is 0 Å². The van der Waals surface area contributed by atoms with Gasteiger partial charge in [0.2, 0.25) is 0 Å². The minimum atomic E-state index is -1.04. The Hall–Kier alpha value is -2.43. The highest BCUT2D eigenvalue weighted by atomic mass is 16.6. The summed E-state index contributed by atoms with van der Waals surface area (Å²) in [6.45, 7) is 0. The van der Waals surface area contributed by atoms with E-state index in [0.717, 1.165) is 6.08 Å². The Morgan fingerprint density at radius 3 is 2.75 bits per heavy atom. The molecule has 0 spiro atoms. The molecular weight excluding hydrogens is 210 g/mol. The summed E-state index contributed by atoms with van der Waals surface area (Å²) in [5.74, 6) is -1.04. The van der Waals surface area contributed by atoms with Gasteiger partial charge in [0.05, 0.1) is 4.92 Å². The minimum Gasteiger partial charge on any atom is -0.478 e. The zero-order valence-corrected chi connectivity index (χ0v) is 8.24. The minimum absolute atomic E-state index is 0.00404. The monoisotopic (exact) mass is 219 g/mol. The van der Waals surface area contributed by atoms with E-state index in [0.29, 0.717) is 5.56 Å². The van der Waals surface area contributed by atoms with E-state index in [1.54, 1.807) is 18.2 Å². The van der Waals surface area contributed by atoms with Gasteiger partial charge in [0.25, 0.3) is 5.69 Å². The van der Waals surface area contributed by atoms with Gasteiger partial charge in [-0.1, -0.05) is 30.4 Å². The Balaban J connectivity index is 2.78. The molecule has 0 heterocycles. The van der Waals surface area contributed by atoms with Crippen molar-refractivity contribution in [1.29, 1.82) is 0 Å². The van der Waals surface area contributed by atoms with Crippen LogP contribution in [0.3, 0.4) is 0 Å². The summed E-state index contributed by atoms with van der Waals surface area (Å²) < 4.78 is 0. The molecule has 0 aliphatic heterocycles. The molecule has 0 fully saturated rings. The summed E-state index contributed by atoms with van der Waals surface area (Å²) in [7, 11) is 0. The molecule has 1 N–H and O–H groups in total. The Morgan fingerprint density at radius 2 is 2.12 bits per heavy atom. The highest BCUT2D eigenvalue weighted by molar-refractivity contribution is 5.80. The number of rotatable bonds is 4. The molecule has 0 aliphatic carbocycles. The van der Waals surface area contributed by atoms with E-state index < -0.39 is 10.9 Å². The van der Waals surface area contributed by atoms with Crippen LogP contribution < -0.4 is 0 Å². The van der Waals surface area contributed by atoms with Crippen LogP contribution >= 0.6 is 0 Å². The van der Waals surface area contributed by atoms with Crippen molar-refractivity contribution in [3.05, 3.63) is 58.2 Å². The Kier molecular flexibility index (Phi) is 3.97. The molecule has 1 rings (SSSR count).